The van der Waals surface area contributed by atoms with E-state index in [9.17, 15) is 15.2 Å². The summed E-state index contributed by atoms with van der Waals surface area (Å²) >= 11 is 0. The van der Waals surface area contributed by atoms with Gasteiger partial charge in [0.25, 0.3) is 5.69 Å². The van der Waals surface area contributed by atoms with Gasteiger partial charge in [-0.3, -0.25) is 10.1 Å². The summed E-state index contributed by atoms with van der Waals surface area (Å²) in [4.78, 5) is 10.2. The SMILES string of the molecule is CCCC(C)Oc1ccc([N+](=O)[O-])cc1[C@H](C)O. The fourth-order valence-corrected chi connectivity index (χ4v) is 1.77. The van der Waals surface area contributed by atoms with Gasteiger partial charge in [0, 0.05) is 17.7 Å². The molecule has 0 aliphatic heterocycles. The first-order valence-electron chi connectivity index (χ1n) is 6.08. The number of nitro groups is 1. The van der Waals surface area contributed by atoms with Gasteiger partial charge < -0.3 is 9.84 Å². The van der Waals surface area contributed by atoms with Crippen LogP contribution in [-0.4, -0.2) is 16.1 Å². The molecule has 5 nitrogen and oxygen atoms in total. The van der Waals surface area contributed by atoms with Crippen LogP contribution in [0.5, 0.6) is 5.75 Å². The summed E-state index contributed by atoms with van der Waals surface area (Å²) in [6.45, 7) is 5.57. The molecule has 1 aromatic rings. The minimum Gasteiger partial charge on any atom is -0.490 e. The Hall–Kier alpha value is -1.62. The molecule has 1 rings (SSSR count). The summed E-state index contributed by atoms with van der Waals surface area (Å²) in [7, 11) is 0. The summed E-state index contributed by atoms with van der Waals surface area (Å²) in [5, 5.41) is 20.3. The van der Waals surface area contributed by atoms with Crippen LogP contribution in [0.2, 0.25) is 0 Å². The van der Waals surface area contributed by atoms with Crippen molar-refractivity contribution in [2.45, 2.75) is 45.8 Å². The van der Waals surface area contributed by atoms with Gasteiger partial charge in [0.2, 0.25) is 0 Å². The molecule has 2 atom stereocenters. The Morgan fingerprint density at radius 3 is 2.61 bits per heavy atom. The third-order valence-electron chi connectivity index (χ3n) is 2.68. The maximum Gasteiger partial charge on any atom is 0.270 e. The van der Waals surface area contributed by atoms with Crippen LogP contribution >= 0.6 is 0 Å². The first-order valence-corrected chi connectivity index (χ1v) is 6.08. The molecular weight excluding hydrogens is 234 g/mol. The normalized spacial score (nSPS) is 14.0. The van der Waals surface area contributed by atoms with Crippen molar-refractivity contribution in [2.24, 2.45) is 0 Å². The van der Waals surface area contributed by atoms with Crippen LogP contribution in [-0.2, 0) is 0 Å². The van der Waals surface area contributed by atoms with E-state index in [2.05, 4.69) is 6.92 Å². The first-order chi connectivity index (χ1) is 8.45. The number of aliphatic hydroxyl groups is 1. The number of non-ortho nitro benzene ring substituents is 1. The van der Waals surface area contributed by atoms with Gasteiger partial charge in [-0.2, -0.15) is 0 Å². The lowest BCUT2D eigenvalue weighted by atomic mass is 10.1. The molecule has 0 amide bonds. The Morgan fingerprint density at radius 2 is 2.11 bits per heavy atom. The largest absolute Gasteiger partial charge is 0.490 e. The minimum absolute atomic E-state index is 0.0222. The fourth-order valence-electron chi connectivity index (χ4n) is 1.77. The third kappa shape index (κ3) is 3.70. The van der Waals surface area contributed by atoms with Crippen LogP contribution in [0.3, 0.4) is 0 Å². The summed E-state index contributed by atoms with van der Waals surface area (Å²) in [6.07, 6.45) is 1.12. The van der Waals surface area contributed by atoms with Crippen molar-refractivity contribution in [3.63, 3.8) is 0 Å². The van der Waals surface area contributed by atoms with E-state index >= 15 is 0 Å². The highest BCUT2D eigenvalue weighted by atomic mass is 16.6. The van der Waals surface area contributed by atoms with Crippen LogP contribution in [0, 0.1) is 10.1 Å². The molecule has 0 aliphatic carbocycles. The minimum atomic E-state index is -0.797. The Morgan fingerprint density at radius 1 is 1.44 bits per heavy atom. The number of nitrogens with zero attached hydrogens (tertiary/aromatic N) is 1. The molecule has 1 aromatic carbocycles. The standard InChI is InChI=1S/C13H19NO4/c1-4-5-9(2)18-13-7-6-11(14(16)17)8-12(13)10(3)15/h6-10,15H,4-5H2,1-3H3/t9?,10-/m0/s1. The average Bonchev–Trinajstić information content (AvgIpc) is 2.29. The number of rotatable bonds is 6. The molecule has 5 heteroatoms. The number of benzene rings is 1. The van der Waals surface area contributed by atoms with Crippen LogP contribution < -0.4 is 4.74 Å². The van der Waals surface area contributed by atoms with Crippen molar-refractivity contribution >= 4 is 5.69 Å². The molecule has 1 unspecified atom stereocenters. The lowest BCUT2D eigenvalue weighted by Gasteiger charge is -2.18. The Balaban J connectivity index is 3.00. The molecule has 0 saturated heterocycles. The zero-order chi connectivity index (χ0) is 13.7. The van der Waals surface area contributed by atoms with Gasteiger partial charge in [0.15, 0.2) is 0 Å². The highest BCUT2D eigenvalue weighted by Gasteiger charge is 2.16. The third-order valence-corrected chi connectivity index (χ3v) is 2.68. The Kier molecular flexibility index (Phi) is 5.09. The number of hydrogen-bond donors (Lipinski definition) is 1. The van der Waals surface area contributed by atoms with E-state index in [1.54, 1.807) is 13.0 Å². The van der Waals surface area contributed by atoms with Gasteiger partial charge >= 0.3 is 0 Å². The van der Waals surface area contributed by atoms with Crippen molar-refractivity contribution in [3.8, 4) is 5.75 Å². The topological polar surface area (TPSA) is 72.6 Å². The molecule has 0 bridgehead atoms. The maximum atomic E-state index is 10.7. The second-order valence-corrected chi connectivity index (χ2v) is 4.37. The molecule has 0 aromatic heterocycles. The van der Waals surface area contributed by atoms with E-state index in [0.717, 1.165) is 12.8 Å². The summed E-state index contributed by atoms with van der Waals surface area (Å²) in [5.41, 5.74) is 0.411. The van der Waals surface area contributed by atoms with Crippen molar-refractivity contribution in [1.82, 2.24) is 0 Å². The van der Waals surface area contributed by atoms with Crippen LogP contribution in [0.1, 0.15) is 45.3 Å². The number of aliphatic hydroxyl groups excluding tert-OH is 1. The molecule has 0 heterocycles. The van der Waals surface area contributed by atoms with Crippen LogP contribution in [0.4, 0.5) is 5.69 Å². The maximum absolute atomic E-state index is 10.7. The fraction of sp³-hybridized carbons (Fsp3) is 0.538. The van der Waals surface area contributed by atoms with Gasteiger partial charge in [-0.1, -0.05) is 13.3 Å². The number of hydrogen-bond acceptors (Lipinski definition) is 4. The van der Waals surface area contributed by atoms with E-state index in [1.165, 1.54) is 12.1 Å². The molecule has 0 spiro atoms. The second-order valence-electron chi connectivity index (χ2n) is 4.37. The predicted molar refractivity (Wildman–Crippen MR) is 68.7 cm³/mol. The van der Waals surface area contributed by atoms with E-state index in [4.69, 9.17) is 4.74 Å². The molecular formula is C13H19NO4. The Bertz CT molecular complexity index is 417. The lowest BCUT2D eigenvalue weighted by Crippen LogP contribution is -2.13. The molecule has 0 radical (unpaired) electrons. The summed E-state index contributed by atoms with van der Waals surface area (Å²) in [6, 6.07) is 4.30. The highest BCUT2D eigenvalue weighted by molar-refractivity contribution is 5.44. The van der Waals surface area contributed by atoms with Crippen molar-refractivity contribution in [2.75, 3.05) is 0 Å². The zero-order valence-electron chi connectivity index (χ0n) is 10.9. The summed E-state index contributed by atoms with van der Waals surface area (Å²) in [5.74, 6) is 0.511. The zero-order valence-corrected chi connectivity index (χ0v) is 10.9. The van der Waals surface area contributed by atoms with E-state index in [-0.39, 0.29) is 11.8 Å². The molecule has 0 saturated carbocycles. The van der Waals surface area contributed by atoms with Crippen molar-refractivity contribution in [1.29, 1.82) is 0 Å². The van der Waals surface area contributed by atoms with E-state index in [0.29, 0.717) is 11.3 Å². The van der Waals surface area contributed by atoms with Gasteiger partial charge in [-0.25, -0.2) is 0 Å². The summed E-state index contributed by atoms with van der Waals surface area (Å²) < 4.78 is 5.70. The van der Waals surface area contributed by atoms with E-state index < -0.39 is 11.0 Å². The first kappa shape index (κ1) is 14.4. The molecule has 100 valence electrons. The van der Waals surface area contributed by atoms with Gasteiger partial charge in [-0.15, -0.1) is 0 Å². The molecule has 18 heavy (non-hydrogen) atoms. The smallest absolute Gasteiger partial charge is 0.270 e. The predicted octanol–water partition coefficient (Wildman–Crippen LogP) is 3.22. The lowest BCUT2D eigenvalue weighted by molar-refractivity contribution is -0.385. The average molecular weight is 253 g/mol. The van der Waals surface area contributed by atoms with Gasteiger partial charge in [0.1, 0.15) is 5.75 Å². The van der Waals surface area contributed by atoms with Gasteiger partial charge in [-0.05, 0) is 26.3 Å². The second kappa shape index (κ2) is 6.35. The van der Waals surface area contributed by atoms with Crippen molar-refractivity contribution in [3.05, 3.63) is 33.9 Å². The highest BCUT2D eigenvalue weighted by Crippen LogP contribution is 2.30. The number of nitro benzene ring substituents is 1. The van der Waals surface area contributed by atoms with Crippen LogP contribution in [0.15, 0.2) is 18.2 Å². The van der Waals surface area contributed by atoms with Crippen molar-refractivity contribution < 1.29 is 14.8 Å². The quantitative estimate of drug-likeness (QED) is 0.624. The monoisotopic (exact) mass is 253 g/mol. The van der Waals surface area contributed by atoms with E-state index in [1.807, 2.05) is 6.92 Å². The van der Waals surface area contributed by atoms with Gasteiger partial charge in [0.05, 0.1) is 17.1 Å². The molecule has 0 fully saturated rings. The Labute approximate surface area is 107 Å². The number of ether oxygens (including phenoxy) is 1. The molecule has 0 aliphatic rings. The molecule has 1 N–H and O–H groups in total. The van der Waals surface area contributed by atoms with Crippen LogP contribution in [0.25, 0.3) is 0 Å².